The van der Waals surface area contributed by atoms with Gasteiger partial charge in [-0.15, -0.1) is 0 Å². The summed E-state index contributed by atoms with van der Waals surface area (Å²) in [6, 6.07) is 0. The number of unbranched alkanes of at least 4 members (excludes halogenated alkanes) is 17. The predicted octanol–water partition coefficient (Wildman–Crippen LogP) is 8.86. The van der Waals surface area contributed by atoms with E-state index in [4.69, 9.17) is 18.5 Å². The molecule has 6 atom stereocenters. The summed E-state index contributed by atoms with van der Waals surface area (Å²) < 4.78 is 34.0. The van der Waals surface area contributed by atoms with Crippen molar-refractivity contribution in [3.8, 4) is 0 Å². The fourth-order valence-corrected chi connectivity index (χ4v) is 7.61. The third-order valence-corrected chi connectivity index (χ3v) is 11.2. The molecule has 0 saturated heterocycles. The molecule has 1 rings (SSSR count). The second-order valence-electron chi connectivity index (χ2n) is 15.5. The molecule has 0 aromatic rings. The van der Waals surface area contributed by atoms with E-state index in [-0.39, 0.29) is 13.0 Å². The summed E-state index contributed by atoms with van der Waals surface area (Å²) in [7, 11) is -5.01. The molecule has 1 aliphatic carbocycles. The smallest absolute Gasteiger partial charge is 0.457 e. The number of carbonyl (C=O) groups is 1. The molecular formula is C45H81O12P. The van der Waals surface area contributed by atoms with Gasteiger partial charge in [0.15, 0.2) is 0 Å². The van der Waals surface area contributed by atoms with Crippen LogP contribution in [0, 0.1) is 0 Å². The lowest BCUT2D eigenvalue weighted by atomic mass is 9.85. The van der Waals surface area contributed by atoms with Gasteiger partial charge in [0.2, 0.25) is 0 Å². The van der Waals surface area contributed by atoms with E-state index in [1.807, 2.05) is 0 Å². The predicted molar refractivity (Wildman–Crippen MR) is 230 cm³/mol. The Morgan fingerprint density at radius 1 is 0.569 bits per heavy atom. The fraction of sp³-hybridized carbons (Fsp3) is 0.800. The van der Waals surface area contributed by atoms with Gasteiger partial charge in [0, 0.05) is 13.0 Å². The van der Waals surface area contributed by atoms with E-state index in [0.29, 0.717) is 13.0 Å². The van der Waals surface area contributed by atoms with Crippen LogP contribution in [0.2, 0.25) is 0 Å². The zero-order valence-electron chi connectivity index (χ0n) is 35.8. The van der Waals surface area contributed by atoms with Crippen molar-refractivity contribution in [2.75, 3.05) is 19.8 Å². The minimum Gasteiger partial charge on any atom is -0.457 e. The highest BCUT2D eigenvalue weighted by Crippen LogP contribution is 2.47. The summed E-state index contributed by atoms with van der Waals surface area (Å²) in [5, 5.41) is 50.0. The lowest BCUT2D eigenvalue weighted by molar-refractivity contribution is -0.220. The Labute approximate surface area is 350 Å². The van der Waals surface area contributed by atoms with Crippen molar-refractivity contribution in [3.63, 3.8) is 0 Å². The Morgan fingerprint density at radius 3 is 1.55 bits per heavy atom. The number of aliphatic hydroxyl groups is 5. The van der Waals surface area contributed by atoms with Crippen LogP contribution in [0.1, 0.15) is 168 Å². The number of phosphoric ester groups is 1. The summed E-state index contributed by atoms with van der Waals surface area (Å²) in [4.78, 5) is 23.1. The number of allylic oxidation sites excluding steroid dienone is 8. The number of hydrogen-bond donors (Lipinski definition) is 6. The average Bonchev–Trinajstić information content (AvgIpc) is 3.21. The van der Waals surface area contributed by atoms with E-state index >= 15 is 0 Å². The van der Waals surface area contributed by atoms with Crippen molar-refractivity contribution in [2.24, 2.45) is 0 Å². The molecule has 0 bridgehead atoms. The van der Waals surface area contributed by atoms with Crippen molar-refractivity contribution in [1.29, 1.82) is 0 Å². The number of hydrogen-bond acceptors (Lipinski definition) is 11. The second kappa shape index (κ2) is 36.0. The molecule has 338 valence electrons. The van der Waals surface area contributed by atoms with Crippen molar-refractivity contribution in [2.45, 2.75) is 211 Å². The first-order chi connectivity index (χ1) is 28.0. The van der Waals surface area contributed by atoms with Gasteiger partial charge in [0.05, 0.1) is 13.2 Å². The first kappa shape index (κ1) is 54.3. The topological polar surface area (TPSA) is 192 Å². The van der Waals surface area contributed by atoms with Gasteiger partial charge in [0.25, 0.3) is 0 Å². The molecule has 6 N–H and O–H groups in total. The van der Waals surface area contributed by atoms with Crippen LogP contribution < -0.4 is 0 Å². The molecule has 0 amide bonds. The van der Waals surface area contributed by atoms with E-state index in [2.05, 4.69) is 62.5 Å². The van der Waals surface area contributed by atoms with Crippen molar-refractivity contribution in [1.82, 2.24) is 0 Å². The second-order valence-corrected chi connectivity index (χ2v) is 16.9. The summed E-state index contributed by atoms with van der Waals surface area (Å²) in [5.74, 6) is -0.485. The number of phosphoric acid groups is 1. The highest BCUT2D eigenvalue weighted by Gasteiger charge is 2.51. The van der Waals surface area contributed by atoms with Gasteiger partial charge in [0.1, 0.15) is 42.7 Å². The molecule has 1 saturated carbocycles. The summed E-state index contributed by atoms with van der Waals surface area (Å²) >= 11 is 0. The molecule has 0 spiro atoms. The Morgan fingerprint density at radius 2 is 1.02 bits per heavy atom. The molecule has 0 radical (unpaired) electrons. The summed E-state index contributed by atoms with van der Waals surface area (Å²) in [6.07, 6.45) is 30.6. The van der Waals surface area contributed by atoms with Crippen LogP contribution >= 0.6 is 7.82 Å². The molecule has 0 aromatic heterocycles. The van der Waals surface area contributed by atoms with Gasteiger partial charge in [-0.1, -0.05) is 159 Å². The minimum atomic E-state index is -5.01. The Hall–Kier alpha value is -1.70. The van der Waals surface area contributed by atoms with Gasteiger partial charge >= 0.3 is 13.8 Å². The largest absolute Gasteiger partial charge is 0.472 e. The lowest BCUT2D eigenvalue weighted by Gasteiger charge is -2.41. The third-order valence-electron chi connectivity index (χ3n) is 10.2. The van der Waals surface area contributed by atoms with Gasteiger partial charge in [-0.25, -0.2) is 4.57 Å². The summed E-state index contributed by atoms with van der Waals surface area (Å²) in [5.41, 5.74) is 0. The van der Waals surface area contributed by atoms with Crippen LogP contribution in [0.5, 0.6) is 0 Å². The van der Waals surface area contributed by atoms with Crippen molar-refractivity contribution >= 4 is 13.8 Å². The quantitative estimate of drug-likeness (QED) is 0.0151. The zero-order valence-corrected chi connectivity index (χ0v) is 36.7. The highest BCUT2D eigenvalue weighted by molar-refractivity contribution is 7.47. The van der Waals surface area contributed by atoms with E-state index in [0.717, 1.165) is 70.6 Å². The molecule has 12 nitrogen and oxygen atoms in total. The molecular weight excluding hydrogens is 763 g/mol. The lowest BCUT2D eigenvalue weighted by Crippen LogP contribution is -2.64. The highest BCUT2D eigenvalue weighted by atomic mass is 31.2. The van der Waals surface area contributed by atoms with Crippen LogP contribution in [-0.4, -0.2) is 98.9 Å². The van der Waals surface area contributed by atoms with Crippen LogP contribution in [-0.2, 0) is 27.9 Å². The summed E-state index contributed by atoms with van der Waals surface area (Å²) in [6.45, 7) is 4.10. The van der Waals surface area contributed by atoms with Gasteiger partial charge < -0.3 is 39.9 Å². The van der Waals surface area contributed by atoms with Crippen LogP contribution in [0.15, 0.2) is 48.6 Å². The molecule has 1 aliphatic rings. The number of aliphatic hydroxyl groups excluding tert-OH is 5. The third kappa shape index (κ3) is 27.9. The van der Waals surface area contributed by atoms with E-state index in [9.17, 15) is 39.8 Å². The molecule has 0 heterocycles. The SMILES string of the molecule is CC/C=C\C/C=C\C/C=C\C/C=C\CCCCCCCCCCCCC(=O)OC(COCCCCCCCCCC)COP(=O)(O)OC1C(O)C(O)C(O)C(O)C1O. The molecule has 0 aliphatic heterocycles. The number of carbonyl (C=O) groups excluding carboxylic acids is 1. The minimum absolute atomic E-state index is 0.0784. The van der Waals surface area contributed by atoms with E-state index in [1.165, 1.54) is 70.6 Å². The Bertz CT molecular complexity index is 1140. The molecule has 58 heavy (non-hydrogen) atoms. The Balaban J connectivity index is 2.31. The van der Waals surface area contributed by atoms with Gasteiger partial charge in [-0.05, 0) is 51.4 Å². The zero-order chi connectivity index (χ0) is 42.7. The van der Waals surface area contributed by atoms with E-state index in [1.54, 1.807) is 0 Å². The molecule has 13 heteroatoms. The molecule has 1 fully saturated rings. The first-order valence-corrected chi connectivity index (χ1v) is 24.0. The average molecular weight is 845 g/mol. The first-order valence-electron chi connectivity index (χ1n) is 22.5. The number of esters is 1. The number of rotatable bonds is 37. The standard InChI is InChI=1S/C45H81O12P/c1-3-5-7-9-11-13-14-15-16-17-18-19-20-21-22-23-24-25-26-27-28-30-32-34-39(46)56-38(36-54-35-33-31-29-12-10-8-6-4-2)37-55-58(52,53)57-45-43(50)41(48)40(47)42(49)44(45)51/h5,7,11,13,15-16,18-19,38,40-45,47-51H,3-4,6,8-10,12,14,17,20-37H2,1-2H3,(H,52,53)/b7-5-,13-11-,16-15-,19-18-. The molecule has 6 unspecified atom stereocenters. The molecule has 0 aromatic carbocycles. The van der Waals surface area contributed by atoms with E-state index < -0.39 is 63.1 Å². The van der Waals surface area contributed by atoms with Crippen LogP contribution in [0.4, 0.5) is 0 Å². The van der Waals surface area contributed by atoms with Gasteiger partial charge in [-0.3, -0.25) is 13.8 Å². The maximum absolute atomic E-state index is 12.8. The fourth-order valence-electron chi connectivity index (χ4n) is 6.64. The normalized spacial score (nSPS) is 23.1. The Kier molecular flexibility index (Phi) is 33.7. The van der Waals surface area contributed by atoms with Crippen molar-refractivity contribution < 1.29 is 58.3 Å². The maximum atomic E-state index is 12.8. The van der Waals surface area contributed by atoms with Crippen LogP contribution in [0.3, 0.4) is 0 Å². The monoisotopic (exact) mass is 845 g/mol. The van der Waals surface area contributed by atoms with Gasteiger partial charge in [-0.2, -0.15) is 0 Å². The number of ether oxygens (including phenoxy) is 2. The van der Waals surface area contributed by atoms with Crippen LogP contribution in [0.25, 0.3) is 0 Å². The van der Waals surface area contributed by atoms with Crippen molar-refractivity contribution in [3.05, 3.63) is 48.6 Å². The maximum Gasteiger partial charge on any atom is 0.472 e.